The summed E-state index contributed by atoms with van der Waals surface area (Å²) in [7, 11) is 0. The highest BCUT2D eigenvalue weighted by atomic mass is 15.0. The molecule has 2 heteroatoms. The summed E-state index contributed by atoms with van der Waals surface area (Å²) < 4.78 is 4.90. The third-order valence-electron chi connectivity index (χ3n) is 11.0. The van der Waals surface area contributed by atoms with Crippen LogP contribution in [0, 0.1) is 0 Å². The quantitative estimate of drug-likeness (QED) is 0.180. The first-order valence-electron chi connectivity index (χ1n) is 17.7. The van der Waals surface area contributed by atoms with E-state index in [2.05, 4.69) is 197 Å². The molecule has 8 aromatic carbocycles. The molecule has 0 N–H and O–H groups in total. The third-order valence-corrected chi connectivity index (χ3v) is 11.0. The molecule has 2 heterocycles. The van der Waals surface area contributed by atoms with E-state index in [4.69, 9.17) is 0 Å². The van der Waals surface area contributed by atoms with Gasteiger partial charge in [0.1, 0.15) is 0 Å². The number of fused-ring (bicyclic) bond motifs is 10. The van der Waals surface area contributed by atoms with Crippen LogP contribution in [0.4, 0.5) is 0 Å². The third kappa shape index (κ3) is 4.11. The number of hydrogen-bond acceptors (Lipinski definition) is 0. The van der Waals surface area contributed by atoms with Crippen molar-refractivity contribution in [2.24, 2.45) is 0 Å². The van der Waals surface area contributed by atoms with Crippen LogP contribution in [0.25, 0.3) is 77.2 Å². The van der Waals surface area contributed by atoms with Crippen molar-refractivity contribution in [1.29, 1.82) is 0 Å². The molecule has 0 amide bonds. The fourth-order valence-corrected chi connectivity index (χ4v) is 8.84. The Morgan fingerprint density at radius 1 is 0.353 bits per heavy atom. The van der Waals surface area contributed by atoms with Crippen molar-refractivity contribution in [3.8, 4) is 33.6 Å². The van der Waals surface area contributed by atoms with E-state index in [0.29, 0.717) is 0 Å². The van der Waals surface area contributed by atoms with Crippen LogP contribution in [-0.4, -0.2) is 9.13 Å². The Hall–Kier alpha value is -6.64. The molecule has 1 atom stereocenters. The van der Waals surface area contributed by atoms with Gasteiger partial charge in [-0.05, 0) is 87.5 Å². The minimum absolute atomic E-state index is 0.246. The number of aromatic nitrogens is 2. The van der Waals surface area contributed by atoms with Crippen LogP contribution in [-0.2, 0) is 0 Å². The molecule has 0 saturated carbocycles. The number of benzene rings is 8. The Balaban J connectivity index is 1.15. The van der Waals surface area contributed by atoms with Gasteiger partial charge in [0.05, 0.1) is 22.1 Å². The first kappa shape index (κ1) is 28.2. The van der Waals surface area contributed by atoms with E-state index in [0.717, 1.165) is 5.69 Å². The van der Waals surface area contributed by atoms with Crippen molar-refractivity contribution < 1.29 is 0 Å². The zero-order valence-electron chi connectivity index (χ0n) is 27.9. The molecule has 0 spiro atoms. The zero-order valence-corrected chi connectivity index (χ0v) is 27.9. The van der Waals surface area contributed by atoms with E-state index in [1.165, 1.54) is 88.2 Å². The Labute approximate surface area is 296 Å². The largest absolute Gasteiger partial charge is 0.309 e. The fraction of sp³-hybridized carbons (Fsp3) is 0.0204. The summed E-state index contributed by atoms with van der Waals surface area (Å²) in [4.78, 5) is 0. The first-order chi connectivity index (χ1) is 25.3. The molecule has 1 aliphatic rings. The van der Waals surface area contributed by atoms with Gasteiger partial charge in [-0.15, -0.1) is 0 Å². The number of hydrogen-bond donors (Lipinski definition) is 0. The van der Waals surface area contributed by atoms with E-state index in [1.54, 1.807) is 0 Å². The number of para-hydroxylation sites is 3. The normalized spacial score (nSPS) is 13.7. The molecule has 11 rings (SSSR count). The molecule has 0 bridgehead atoms. The summed E-state index contributed by atoms with van der Waals surface area (Å²) in [5.41, 5.74) is 16.4. The van der Waals surface area contributed by atoms with Gasteiger partial charge < -0.3 is 9.13 Å². The summed E-state index contributed by atoms with van der Waals surface area (Å²) in [6.45, 7) is 0. The van der Waals surface area contributed by atoms with E-state index in [9.17, 15) is 0 Å². The van der Waals surface area contributed by atoms with Gasteiger partial charge in [0.2, 0.25) is 0 Å². The highest BCUT2D eigenvalue weighted by Gasteiger charge is 2.30. The minimum atomic E-state index is 0.246. The van der Waals surface area contributed by atoms with Gasteiger partial charge in [0.25, 0.3) is 0 Å². The summed E-state index contributed by atoms with van der Waals surface area (Å²) >= 11 is 0. The van der Waals surface area contributed by atoms with Crippen molar-refractivity contribution in [2.45, 2.75) is 5.92 Å². The Bertz CT molecular complexity index is 2960. The maximum Gasteiger partial charge on any atom is 0.0641 e. The van der Waals surface area contributed by atoms with Crippen LogP contribution in [0.5, 0.6) is 0 Å². The predicted molar refractivity (Wildman–Crippen MR) is 213 cm³/mol. The van der Waals surface area contributed by atoms with Crippen LogP contribution < -0.4 is 0 Å². The number of rotatable bonds is 4. The van der Waals surface area contributed by atoms with E-state index < -0.39 is 0 Å². The van der Waals surface area contributed by atoms with Gasteiger partial charge in [-0.2, -0.15) is 0 Å². The second-order valence-corrected chi connectivity index (χ2v) is 13.7. The van der Waals surface area contributed by atoms with Crippen LogP contribution in [0.15, 0.2) is 188 Å². The second-order valence-electron chi connectivity index (χ2n) is 13.7. The molecular weight excluding hydrogens is 617 g/mol. The van der Waals surface area contributed by atoms with Gasteiger partial charge in [0.15, 0.2) is 0 Å². The van der Waals surface area contributed by atoms with Crippen LogP contribution in [0.1, 0.15) is 22.6 Å². The first-order valence-corrected chi connectivity index (χ1v) is 17.7. The average molecular weight is 649 g/mol. The van der Waals surface area contributed by atoms with Crippen LogP contribution >= 0.6 is 0 Å². The van der Waals surface area contributed by atoms with Crippen molar-refractivity contribution >= 4 is 43.6 Å². The van der Waals surface area contributed by atoms with Gasteiger partial charge >= 0.3 is 0 Å². The van der Waals surface area contributed by atoms with Gasteiger partial charge in [-0.3, -0.25) is 0 Å². The van der Waals surface area contributed by atoms with Crippen molar-refractivity contribution in [1.82, 2.24) is 9.13 Å². The van der Waals surface area contributed by atoms with Crippen molar-refractivity contribution in [3.63, 3.8) is 0 Å². The standard InChI is InChI=1S/C49H32N2/c1-3-14-32(15-4-1)47-39-22-8-7-20-37(39)43-31-34(26-27-40(43)47)33-16-13-19-36(30-33)51-44-24-11-9-21-38(44)41-28-29-46-48(49(41)51)42-23-10-12-25-45(42)50(46)35-17-5-2-6-18-35/h1-31,47H. The Morgan fingerprint density at radius 3 is 1.84 bits per heavy atom. The molecule has 0 fully saturated rings. The Kier molecular flexibility index (Phi) is 6.05. The molecule has 0 radical (unpaired) electrons. The number of nitrogens with zero attached hydrogens (tertiary/aromatic N) is 2. The lowest BCUT2D eigenvalue weighted by Crippen LogP contribution is -1.98. The minimum Gasteiger partial charge on any atom is -0.309 e. The lowest BCUT2D eigenvalue weighted by molar-refractivity contribution is 1.02. The molecule has 1 unspecified atom stereocenters. The van der Waals surface area contributed by atoms with E-state index >= 15 is 0 Å². The topological polar surface area (TPSA) is 9.86 Å². The van der Waals surface area contributed by atoms with E-state index in [1.807, 2.05) is 0 Å². The molecular formula is C49H32N2. The van der Waals surface area contributed by atoms with Gasteiger partial charge in [0, 0.05) is 38.8 Å². The van der Waals surface area contributed by atoms with Crippen molar-refractivity contribution in [3.05, 3.63) is 205 Å². The molecule has 1 aliphatic carbocycles. The summed E-state index contributed by atoms with van der Waals surface area (Å²) in [6, 6.07) is 69.1. The smallest absolute Gasteiger partial charge is 0.0641 e. The Morgan fingerprint density at radius 2 is 1.00 bits per heavy atom. The molecule has 0 saturated heterocycles. The fourth-order valence-electron chi connectivity index (χ4n) is 8.84. The maximum absolute atomic E-state index is 2.49. The molecule has 2 nitrogen and oxygen atoms in total. The maximum atomic E-state index is 2.49. The van der Waals surface area contributed by atoms with Gasteiger partial charge in [-0.1, -0.05) is 140 Å². The van der Waals surface area contributed by atoms with Crippen molar-refractivity contribution in [2.75, 3.05) is 0 Å². The highest BCUT2D eigenvalue weighted by molar-refractivity contribution is 6.26. The zero-order chi connectivity index (χ0) is 33.5. The van der Waals surface area contributed by atoms with E-state index in [-0.39, 0.29) is 5.92 Å². The lowest BCUT2D eigenvalue weighted by Gasteiger charge is -2.15. The highest BCUT2D eigenvalue weighted by Crippen LogP contribution is 2.49. The average Bonchev–Trinajstić information content (AvgIpc) is 3.84. The summed E-state index contributed by atoms with van der Waals surface area (Å²) in [5.74, 6) is 0.246. The molecule has 51 heavy (non-hydrogen) atoms. The van der Waals surface area contributed by atoms with Gasteiger partial charge in [-0.25, -0.2) is 0 Å². The predicted octanol–water partition coefficient (Wildman–Crippen LogP) is 12.7. The second kappa shape index (κ2) is 10.9. The monoisotopic (exact) mass is 648 g/mol. The summed E-state index contributed by atoms with van der Waals surface area (Å²) in [5, 5.41) is 5.06. The molecule has 238 valence electrons. The molecule has 2 aromatic heterocycles. The SMILES string of the molecule is c1ccc(C2c3ccccc3-c3cc(-c4cccc(-n5c6ccccc6c6ccc7c(c8ccccc8n7-c7ccccc7)c65)c4)ccc32)cc1. The van der Waals surface area contributed by atoms with Crippen LogP contribution in [0.2, 0.25) is 0 Å². The molecule has 0 aliphatic heterocycles. The molecule has 10 aromatic rings. The lowest BCUT2D eigenvalue weighted by atomic mass is 9.89. The summed E-state index contributed by atoms with van der Waals surface area (Å²) in [6.07, 6.45) is 0. The van der Waals surface area contributed by atoms with Crippen LogP contribution in [0.3, 0.4) is 0 Å².